The van der Waals surface area contributed by atoms with E-state index in [1.165, 1.54) is 22.2 Å². The van der Waals surface area contributed by atoms with E-state index in [9.17, 15) is 9.90 Å². The van der Waals surface area contributed by atoms with Gasteiger partial charge in [-0.2, -0.15) is 0 Å². The van der Waals surface area contributed by atoms with E-state index < -0.39 is 5.97 Å². The first-order chi connectivity index (χ1) is 11.2. The van der Waals surface area contributed by atoms with Crippen molar-refractivity contribution in [3.8, 4) is 0 Å². The number of ether oxygens (including phenoxy) is 1. The molecular formula is C19H23NO3. The molecule has 1 aliphatic carbocycles. The van der Waals surface area contributed by atoms with Crippen molar-refractivity contribution < 1.29 is 14.6 Å². The van der Waals surface area contributed by atoms with E-state index in [0.717, 1.165) is 32.5 Å². The molecule has 1 aromatic carbocycles. The maximum Gasteiger partial charge on any atom is 0.307 e. The summed E-state index contributed by atoms with van der Waals surface area (Å²) >= 11 is 0. The van der Waals surface area contributed by atoms with Crippen LogP contribution in [0.15, 0.2) is 24.3 Å². The van der Waals surface area contributed by atoms with Gasteiger partial charge < -0.3 is 14.4 Å². The third-order valence-corrected chi connectivity index (χ3v) is 5.90. The molecule has 0 amide bonds. The highest BCUT2D eigenvalue weighted by molar-refractivity contribution is 5.86. The fraction of sp³-hybridized carbons (Fsp3) is 0.526. The minimum Gasteiger partial charge on any atom is -0.481 e. The summed E-state index contributed by atoms with van der Waals surface area (Å²) < 4.78 is 7.67. The van der Waals surface area contributed by atoms with Crippen molar-refractivity contribution in [1.29, 1.82) is 0 Å². The average molecular weight is 313 g/mol. The van der Waals surface area contributed by atoms with Crippen LogP contribution in [0.25, 0.3) is 10.9 Å². The van der Waals surface area contributed by atoms with E-state index in [-0.39, 0.29) is 11.8 Å². The monoisotopic (exact) mass is 313 g/mol. The summed E-state index contributed by atoms with van der Waals surface area (Å²) in [5, 5.41) is 11.1. The second-order valence-corrected chi connectivity index (χ2v) is 6.97. The van der Waals surface area contributed by atoms with Gasteiger partial charge in [-0.25, -0.2) is 0 Å². The minimum absolute atomic E-state index is 0.231. The molecule has 4 heteroatoms. The van der Waals surface area contributed by atoms with Crippen molar-refractivity contribution in [2.45, 2.75) is 25.7 Å². The second-order valence-electron chi connectivity index (χ2n) is 6.97. The third kappa shape index (κ3) is 2.36. The second kappa shape index (κ2) is 5.68. The van der Waals surface area contributed by atoms with E-state index in [1.54, 1.807) is 0 Å². The predicted molar refractivity (Wildman–Crippen MR) is 88.5 cm³/mol. The molecule has 2 heterocycles. The minimum atomic E-state index is -0.641. The van der Waals surface area contributed by atoms with Crippen molar-refractivity contribution in [3.05, 3.63) is 35.5 Å². The molecule has 2 aromatic rings. The topological polar surface area (TPSA) is 51.5 Å². The van der Waals surface area contributed by atoms with Gasteiger partial charge in [0.25, 0.3) is 0 Å². The number of aryl methyl sites for hydroxylation is 1. The van der Waals surface area contributed by atoms with Crippen molar-refractivity contribution in [1.82, 2.24) is 4.57 Å². The van der Waals surface area contributed by atoms with E-state index in [0.29, 0.717) is 12.3 Å². The van der Waals surface area contributed by atoms with Crippen molar-refractivity contribution in [2.24, 2.45) is 24.8 Å². The maximum atomic E-state index is 11.9. The van der Waals surface area contributed by atoms with Gasteiger partial charge in [0.05, 0.1) is 5.92 Å². The summed E-state index contributed by atoms with van der Waals surface area (Å²) in [7, 11) is 2.06. The quantitative estimate of drug-likeness (QED) is 0.927. The zero-order valence-electron chi connectivity index (χ0n) is 13.5. The van der Waals surface area contributed by atoms with Gasteiger partial charge in [-0.1, -0.05) is 18.2 Å². The van der Waals surface area contributed by atoms with Crippen molar-refractivity contribution >= 4 is 16.9 Å². The Labute approximate surface area is 136 Å². The number of benzene rings is 1. The van der Waals surface area contributed by atoms with E-state index >= 15 is 0 Å². The smallest absolute Gasteiger partial charge is 0.307 e. The zero-order valence-corrected chi connectivity index (χ0v) is 13.5. The number of hydrogen-bond acceptors (Lipinski definition) is 2. The fourth-order valence-electron chi connectivity index (χ4n) is 4.66. The number of carboxylic acid groups (broad SMARTS) is 1. The molecule has 1 aliphatic heterocycles. The van der Waals surface area contributed by atoms with Gasteiger partial charge in [0, 0.05) is 43.3 Å². The molecule has 2 aliphatic rings. The largest absolute Gasteiger partial charge is 0.481 e. The summed E-state index contributed by atoms with van der Waals surface area (Å²) in [6.45, 7) is 1.55. The summed E-state index contributed by atoms with van der Waals surface area (Å²) in [6, 6.07) is 8.44. The summed E-state index contributed by atoms with van der Waals surface area (Å²) in [5.41, 5.74) is 3.80. The van der Waals surface area contributed by atoms with Crippen LogP contribution >= 0.6 is 0 Å². The van der Waals surface area contributed by atoms with Gasteiger partial charge in [0.15, 0.2) is 0 Å². The molecule has 0 radical (unpaired) electrons. The molecule has 0 bridgehead atoms. The van der Waals surface area contributed by atoms with E-state index in [4.69, 9.17) is 4.74 Å². The number of para-hydroxylation sites is 1. The fourth-order valence-corrected chi connectivity index (χ4v) is 4.66. The average Bonchev–Trinajstić information content (AvgIpc) is 2.87. The van der Waals surface area contributed by atoms with Crippen LogP contribution in [0.3, 0.4) is 0 Å². The Hall–Kier alpha value is -1.81. The van der Waals surface area contributed by atoms with Gasteiger partial charge in [0.1, 0.15) is 0 Å². The van der Waals surface area contributed by atoms with Crippen LogP contribution in [0.5, 0.6) is 0 Å². The molecule has 2 unspecified atom stereocenters. The molecule has 4 rings (SSSR count). The molecule has 1 aromatic heterocycles. The Morgan fingerprint density at radius 3 is 2.70 bits per heavy atom. The SMILES string of the molecule is Cn1c2c(c3ccccc31)CC(C1CCOCC1)C(C(=O)O)C2. The Balaban J connectivity index is 1.78. The number of carboxylic acids is 1. The number of hydrogen-bond donors (Lipinski definition) is 1. The maximum absolute atomic E-state index is 11.9. The first kappa shape index (κ1) is 14.8. The van der Waals surface area contributed by atoms with Crippen LogP contribution in [-0.4, -0.2) is 28.9 Å². The third-order valence-electron chi connectivity index (χ3n) is 5.90. The summed E-state index contributed by atoms with van der Waals surface area (Å²) in [5.74, 6) is -0.210. The molecular weight excluding hydrogens is 290 g/mol. The molecule has 1 N–H and O–H groups in total. The molecule has 0 spiro atoms. The molecule has 0 saturated carbocycles. The van der Waals surface area contributed by atoms with Crippen LogP contribution in [0.4, 0.5) is 0 Å². The van der Waals surface area contributed by atoms with Gasteiger partial charge in [-0.3, -0.25) is 4.79 Å². The first-order valence-electron chi connectivity index (χ1n) is 8.52. The molecule has 23 heavy (non-hydrogen) atoms. The van der Waals surface area contributed by atoms with Gasteiger partial charge in [-0.15, -0.1) is 0 Å². The molecule has 1 saturated heterocycles. The first-order valence-corrected chi connectivity index (χ1v) is 8.52. The molecule has 1 fully saturated rings. The Morgan fingerprint density at radius 1 is 1.22 bits per heavy atom. The Bertz CT molecular complexity index is 742. The number of nitrogens with zero attached hydrogens (tertiary/aromatic N) is 1. The summed E-state index contributed by atoms with van der Waals surface area (Å²) in [6.07, 6.45) is 3.53. The lowest BCUT2D eigenvalue weighted by Gasteiger charge is -2.37. The van der Waals surface area contributed by atoms with Crippen LogP contribution in [0.2, 0.25) is 0 Å². The highest BCUT2D eigenvalue weighted by atomic mass is 16.5. The molecule has 2 atom stereocenters. The van der Waals surface area contributed by atoms with Gasteiger partial charge in [0.2, 0.25) is 0 Å². The lowest BCUT2D eigenvalue weighted by Crippen LogP contribution is -2.38. The normalized spacial score (nSPS) is 25.4. The Morgan fingerprint density at radius 2 is 1.96 bits per heavy atom. The lowest BCUT2D eigenvalue weighted by molar-refractivity contribution is -0.145. The number of aromatic nitrogens is 1. The number of fused-ring (bicyclic) bond motifs is 3. The van der Waals surface area contributed by atoms with E-state index in [2.05, 4.69) is 35.9 Å². The number of carbonyl (C=O) groups is 1. The standard InChI is InChI=1S/C19H23NO3/c1-20-17-5-3-2-4-13(17)15-10-14(12-6-8-23-9-7-12)16(19(21)22)11-18(15)20/h2-5,12,14,16H,6-11H2,1H3,(H,21,22). The molecule has 4 nitrogen and oxygen atoms in total. The van der Waals surface area contributed by atoms with Crippen molar-refractivity contribution in [3.63, 3.8) is 0 Å². The van der Waals surface area contributed by atoms with Crippen molar-refractivity contribution in [2.75, 3.05) is 13.2 Å². The Kier molecular flexibility index (Phi) is 3.64. The van der Waals surface area contributed by atoms with Gasteiger partial charge in [-0.05, 0) is 42.7 Å². The van der Waals surface area contributed by atoms with Crippen LogP contribution in [0, 0.1) is 17.8 Å². The number of rotatable bonds is 2. The van der Waals surface area contributed by atoms with Crippen LogP contribution in [0.1, 0.15) is 24.1 Å². The predicted octanol–water partition coefficient (Wildman–Crippen LogP) is 3.02. The summed E-state index contributed by atoms with van der Waals surface area (Å²) in [4.78, 5) is 11.9. The van der Waals surface area contributed by atoms with Gasteiger partial charge >= 0.3 is 5.97 Å². The van der Waals surface area contributed by atoms with E-state index in [1.807, 2.05) is 0 Å². The van der Waals surface area contributed by atoms with Crippen LogP contribution < -0.4 is 0 Å². The lowest BCUT2D eigenvalue weighted by atomic mass is 9.69. The zero-order chi connectivity index (χ0) is 16.0. The number of aliphatic carboxylic acids is 1. The highest BCUT2D eigenvalue weighted by Gasteiger charge is 2.40. The van der Waals surface area contributed by atoms with Crippen LogP contribution in [-0.2, 0) is 29.4 Å². The highest BCUT2D eigenvalue weighted by Crippen LogP contribution is 2.42. The molecule has 122 valence electrons.